The van der Waals surface area contributed by atoms with Gasteiger partial charge in [-0.25, -0.2) is 0 Å². The van der Waals surface area contributed by atoms with Gasteiger partial charge in [-0.1, -0.05) is 48.5 Å². The van der Waals surface area contributed by atoms with Gasteiger partial charge in [0.05, 0.1) is 7.11 Å². The first-order chi connectivity index (χ1) is 10.2. The predicted molar refractivity (Wildman–Crippen MR) is 84.9 cm³/mol. The average molecular weight is 281 g/mol. The molecular weight excluding hydrogens is 262 g/mol. The summed E-state index contributed by atoms with van der Waals surface area (Å²) in [4.78, 5) is 13.8. The zero-order valence-electron chi connectivity index (χ0n) is 12.3. The quantitative estimate of drug-likeness (QED) is 0.786. The van der Waals surface area contributed by atoms with Crippen LogP contribution in [0.1, 0.15) is 11.1 Å². The van der Waals surface area contributed by atoms with E-state index in [1.807, 2.05) is 54.6 Å². The Kier molecular flexibility index (Phi) is 5.16. The lowest BCUT2D eigenvalue weighted by atomic mass is 10.2. The smallest absolute Gasteiger partial charge is 0.246 e. The van der Waals surface area contributed by atoms with Crippen LogP contribution in [0.15, 0.2) is 60.7 Å². The fourth-order valence-electron chi connectivity index (χ4n) is 2.03. The van der Waals surface area contributed by atoms with E-state index in [1.165, 1.54) is 0 Å². The molecule has 0 saturated heterocycles. The summed E-state index contributed by atoms with van der Waals surface area (Å²) in [7, 11) is 3.41. The molecule has 0 radical (unpaired) electrons. The molecule has 3 nitrogen and oxygen atoms in total. The Balaban J connectivity index is 2.02. The zero-order chi connectivity index (χ0) is 15.1. The lowest BCUT2D eigenvalue weighted by molar-refractivity contribution is -0.125. The first-order valence-electron chi connectivity index (χ1n) is 6.81. The molecule has 0 aliphatic carbocycles. The second kappa shape index (κ2) is 7.29. The Labute approximate surface area is 125 Å². The summed E-state index contributed by atoms with van der Waals surface area (Å²) in [6.45, 7) is 0.593. The molecule has 2 aromatic carbocycles. The van der Waals surface area contributed by atoms with Gasteiger partial charge in [-0.15, -0.1) is 0 Å². The van der Waals surface area contributed by atoms with Gasteiger partial charge in [0, 0.05) is 25.2 Å². The van der Waals surface area contributed by atoms with Gasteiger partial charge in [0.1, 0.15) is 5.75 Å². The van der Waals surface area contributed by atoms with Gasteiger partial charge in [0.2, 0.25) is 5.91 Å². The van der Waals surface area contributed by atoms with Crippen molar-refractivity contribution >= 4 is 12.0 Å². The first kappa shape index (κ1) is 14.9. The van der Waals surface area contributed by atoms with Crippen molar-refractivity contribution in [3.63, 3.8) is 0 Å². The maximum atomic E-state index is 12.1. The highest BCUT2D eigenvalue weighted by Gasteiger charge is 2.06. The number of rotatable bonds is 5. The van der Waals surface area contributed by atoms with Crippen LogP contribution in [-0.4, -0.2) is 25.0 Å². The minimum absolute atomic E-state index is 0.0373. The van der Waals surface area contributed by atoms with Crippen LogP contribution >= 0.6 is 0 Å². The SMILES string of the molecule is COc1ccccc1/C=C/C(=O)N(C)Cc1ccccc1. The van der Waals surface area contributed by atoms with Gasteiger partial charge in [0.15, 0.2) is 0 Å². The van der Waals surface area contributed by atoms with E-state index in [0.29, 0.717) is 6.54 Å². The summed E-state index contributed by atoms with van der Waals surface area (Å²) in [6.07, 6.45) is 3.35. The van der Waals surface area contributed by atoms with Gasteiger partial charge in [0.25, 0.3) is 0 Å². The molecule has 0 aliphatic rings. The normalized spacial score (nSPS) is 10.6. The van der Waals surface area contributed by atoms with Gasteiger partial charge >= 0.3 is 0 Å². The molecule has 1 amide bonds. The van der Waals surface area contributed by atoms with Crippen molar-refractivity contribution in [2.45, 2.75) is 6.54 Å². The van der Waals surface area contributed by atoms with Gasteiger partial charge in [-0.05, 0) is 17.7 Å². The summed E-state index contributed by atoms with van der Waals surface area (Å²) in [5.74, 6) is 0.719. The Morgan fingerprint density at radius 1 is 1.10 bits per heavy atom. The molecule has 0 heterocycles. The summed E-state index contributed by atoms with van der Waals surface area (Å²) < 4.78 is 5.26. The van der Waals surface area contributed by atoms with E-state index in [-0.39, 0.29) is 5.91 Å². The van der Waals surface area contributed by atoms with Crippen LogP contribution in [0.2, 0.25) is 0 Å². The van der Waals surface area contributed by atoms with Crippen molar-refractivity contribution in [2.24, 2.45) is 0 Å². The number of hydrogen-bond acceptors (Lipinski definition) is 2. The number of amides is 1. The monoisotopic (exact) mass is 281 g/mol. The topological polar surface area (TPSA) is 29.5 Å². The molecule has 0 spiro atoms. The Bertz CT molecular complexity index is 620. The van der Waals surface area contributed by atoms with Gasteiger partial charge in [-0.2, -0.15) is 0 Å². The molecular formula is C18H19NO2. The fraction of sp³-hybridized carbons (Fsp3) is 0.167. The first-order valence-corrected chi connectivity index (χ1v) is 6.81. The molecule has 0 aliphatic heterocycles. The number of para-hydroxylation sites is 1. The van der Waals surface area contributed by atoms with Crippen molar-refractivity contribution < 1.29 is 9.53 Å². The number of likely N-dealkylation sites (N-methyl/N-ethyl adjacent to an activating group) is 1. The Morgan fingerprint density at radius 3 is 2.48 bits per heavy atom. The zero-order valence-corrected chi connectivity index (χ0v) is 12.3. The van der Waals surface area contributed by atoms with Crippen LogP contribution in [0.25, 0.3) is 6.08 Å². The third-order valence-corrected chi connectivity index (χ3v) is 3.18. The van der Waals surface area contributed by atoms with E-state index >= 15 is 0 Å². The molecule has 2 aromatic rings. The highest BCUT2D eigenvalue weighted by molar-refractivity contribution is 5.92. The standard InChI is InChI=1S/C18H19NO2/c1-19(14-15-8-4-3-5-9-15)18(20)13-12-16-10-6-7-11-17(16)21-2/h3-13H,14H2,1-2H3/b13-12+. The van der Waals surface area contributed by atoms with Crippen molar-refractivity contribution in [3.05, 3.63) is 71.8 Å². The van der Waals surface area contributed by atoms with Crippen LogP contribution in [-0.2, 0) is 11.3 Å². The van der Waals surface area contributed by atoms with Crippen LogP contribution in [0, 0.1) is 0 Å². The minimum atomic E-state index is -0.0373. The molecule has 0 bridgehead atoms. The molecule has 0 atom stereocenters. The van der Waals surface area contributed by atoms with Gasteiger partial charge < -0.3 is 9.64 Å². The number of carbonyl (C=O) groups excluding carboxylic acids is 1. The predicted octanol–water partition coefficient (Wildman–Crippen LogP) is 3.37. The highest BCUT2D eigenvalue weighted by Crippen LogP contribution is 2.18. The van der Waals surface area contributed by atoms with Crippen LogP contribution in [0.5, 0.6) is 5.75 Å². The van der Waals surface area contributed by atoms with Gasteiger partial charge in [-0.3, -0.25) is 4.79 Å². The molecule has 108 valence electrons. The highest BCUT2D eigenvalue weighted by atomic mass is 16.5. The molecule has 0 fully saturated rings. The maximum absolute atomic E-state index is 12.1. The molecule has 21 heavy (non-hydrogen) atoms. The molecule has 0 unspecified atom stereocenters. The second-order valence-corrected chi connectivity index (χ2v) is 4.76. The molecule has 2 rings (SSSR count). The lowest BCUT2D eigenvalue weighted by Crippen LogP contribution is -2.24. The van der Waals surface area contributed by atoms with E-state index in [1.54, 1.807) is 31.2 Å². The number of hydrogen-bond donors (Lipinski definition) is 0. The number of nitrogens with zero attached hydrogens (tertiary/aromatic N) is 1. The summed E-state index contributed by atoms with van der Waals surface area (Å²) in [5.41, 5.74) is 2.00. The Hall–Kier alpha value is -2.55. The average Bonchev–Trinajstić information content (AvgIpc) is 2.53. The van der Waals surface area contributed by atoms with Crippen LogP contribution in [0.3, 0.4) is 0 Å². The van der Waals surface area contributed by atoms with Crippen LogP contribution in [0.4, 0.5) is 0 Å². The molecule has 0 aromatic heterocycles. The summed E-state index contributed by atoms with van der Waals surface area (Å²) in [5, 5.41) is 0. The van der Waals surface area contributed by atoms with E-state index in [2.05, 4.69) is 0 Å². The minimum Gasteiger partial charge on any atom is -0.496 e. The molecule has 0 saturated carbocycles. The number of benzene rings is 2. The van der Waals surface area contributed by atoms with Crippen molar-refractivity contribution in [3.8, 4) is 5.75 Å². The third kappa shape index (κ3) is 4.21. The maximum Gasteiger partial charge on any atom is 0.246 e. The third-order valence-electron chi connectivity index (χ3n) is 3.18. The number of methoxy groups -OCH3 is 1. The number of carbonyl (C=O) groups is 1. The summed E-state index contributed by atoms with van der Waals surface area (Å²) in [6, 6.07) is 17.5. The van der Waals surface area contributed by atoms with E-state index in [9.17, 15) is 4.79 Å². The van der Waals surface area contributed by atoms with E-state index in [0.717, 1.165) is 16.9 Å². The van der Waals surface area contributed by atoms with Crippen molar-refractivity contribution in [1.82, 2.24) is 4.90 Å². The van der Waals surface area contributed by atoms with E-state index in [4.69, 9.17) is 4.74 Å². The lowest BCUT2D eigenvalue weighted by Gasteiger charge is -2.15. The fourth-order valence-corrected chi connectivity index (χ4v) is 2.03. The summed E-state index contributed by atoms with van der Waals surface area (Å²) >= 11 is 0. The van der Waals surface area contributed by atoms with Crippen molar-refractivity contribution in [1.29, 1.82) is 0 Å². The molecule has 3 heteroatoms. The van der Waals surface area contributed by atoms with Crippen molar-refractivity contribution in [2.75, 3.05) is 14.2 Å². The molecule has 0 N–H and O–H groups in total. The Morgan fingerprint density at radius 2 is 1.76 bits per heavy atom. The largest absolute Gasteiger partial charge is 0.496 e. The second-order valence-electron chi connectivity index (χ2n) is 4.76. The number of ether oxygens (including phenoxy) is 1. The van der Waals surface area contributed by atoms with E-state index < -0.39 is 0 Å². The van der Waals surface area contributed by atoms with Crippen LogP contribution < -0.4 is 4.74 Å².